The van der Waals surface area contributed by atoms with Crippen LogP contribution >= 0.6 is 11.8 Å². The summed E-state index contributed by atoms with van der Waals surface area (Å²) in [5, 5.41) is 9.31. The third-order valence-electron chi connectivity index (χ3n) is 2.47. The lowest BCUT2D eigenvalue weighted by Crippen LogP contribution is -2.45. The van der Waals surface area contributed by atoms with Crippen molar-refractivity contribution >= 4 is 23.6 Å². The molecule has 0 radical (unpaired) electrons. The van der Waals surface area contributed by atoms with Gasteiger partial charge in [0.15, 0.2) is 5.96 Å². The van der Waals surface area contributed by atoms with E-state index in [1.807, 2.05) is 27.7 Å². The van der Waals surface area contributed by atoms with E-state index in [1.165, 1.54) is 0 Å². The van der Waals surface area contributed by atoms with E-state index in [-0.39, 0.29) is 22.7 Å². The van der Waals surface area contributed by atoms with Crippen molar-refractivity contribution in [2.75, 3.05) is 25.9 Å². The van der Waals surface area contributed by atoms with E-state index in [1.54, 1.807) is 11.8 Å². The minimum atomic E-state index is -0.223. The lowest BCUT2D eigenvalue weighted by molar-refractivity contribution is -0.121. The molecule has 20 heavy (non-hydrogen) atoms. The Hall–Kier alpha value is -0.910. The summed E-state index contributed by atoms with van der Waals surface area (Å²) >= 11 is 1.79. The molecule has 3 N–H and O–H groups in total. The third kappa shape index (κ3) is 9.95. The summed E-state index contributed by atoms with van der Waals surface area (Å²) in [6.07, 6.45) is 2.09. The molecular formula is C14H30N4OS. The first-order valence-electron chi connectivity index (χ1n) is 6.98. The normalized spacial score (nSPS) is 13.1. The summed E-state index contributed by atoms with van der Waals surface area (Å²) in [5.74, 6) is 0.609. The van der Waals surface area contributed by atoms with E-state index in [0.29, 0.717) is 5.96 Å². The van der Waals surface area contributed by atoms with Gasteiger partial charge in [0.2, 0.25) is 5.91 Å². The van der Waals surface area contributed by atoms with Gasteiger partial charge in [-0.3, -0.25) is 4.79 Å². The van der Waals surface area contributed by atoms with Gasteiger partial charge in [-0.05, 0) is 47.8 Å². The molecule has 0 aliphatic heterocycles. The molecule has 0 fully saturated rings. The lowest BCUT2D eigenvalue weighted by Gasteiger charge is -2.24. The van der Waals surface area contributed by atoms with Gasteiger partial charge in [0, 0.05) is 23.4 Å². The first-order chi connectivity index (χ1) is 9.09. The Balaban J connectivity index is 4.44. The molecule has 0 rings (SSSR count). The highest BCUT2D eigenvalue weighted by Crippen LogP contribution is 2.19. The Morgan fingerprint density at radius 1 is 1.15 bits per heavy atom. The number of guanidine groups is 1. The topological polar surface area (TPSA) is 65.5 Å². The van der Waals surface area contributed by atoms with Crippen LogP contribution < -0.4 is 16.0 Å². The second-order valence-corrected chi connectivity index (χ2v) is 7.82. The van der Waals surface area contributed by atoms with Crippen molar-refractivity contribution in [1.82, 2.24) is 16.0 Å². The van der Waals surface area contributed by atoms with E-state index in [0.717, 1.165) is 13.1 Å². The number of carbonyl (C=O) groups is 1. The zero-order valence-electron chi connectivity index (χ0n) is 13.9. The largest absolute Gasteiger partial charge is 0.357 e. The van der Waals surface area contributed by atoms with Crippen molar-refractivity contribution in [2.24, 2.45) is 4.99 Å². The molecule has 0 spiro atoms. The number of thioether (sulfide) groups is 1. The van der Waals surface area contributed by atoms with Crippen LogP contribution in [-0.4, -0.2) is 48.0 Å². The molecular weight excluding hydrogens is 272 g/mol. The predicted octanol–water partition coefficient (Wildman–Crippen LogP) is 1.60. The summed E-state index contributed by atoms with van der Waals surface area (Å²) in [6.45, 7) is 13.9. The Kier molecular flexibility index (Phi) is 8.01. The van der Waals surface area contributed by atoms with E-state index in [2.05, 4.69) is 41.0 Å². The zero-order chi connectivity index (χ0) is 15.8. The summed E-state index contributed by atoms with van der Waals surface area (Å²) in [5.41, 5.74) is -0.223. The van der Waals surface area contributed by atoms with Crippen molar-refractivity contribution in [3.8, 4) is 0 Å². The molecule has 0 unspecified atom stereocenters. The van der Waals surface area contributed by atoms with Gasteiger partial charge in [0.05, 0.1) is 0 Å². The number of hydrogen-bond acceptors (Lipinski definition) is 3. The van der Waals surface area contributed by atoms with Crippen LogP contribution in [0.4, 0.5) is 0 Å². The van der Waals surface area contributed by atoms with Gasteiger partial charge in [0.25, 0.3) is 0 Å². The Morgan fingerprint density at radius 2 is 1.75 bits per heavy atom. The number of nitrogens with zero attached hydrogens (tertiary/aromatic N) is 1. The average Bonchev–Trinajstić information content (AvgIpc) is 2.30. The number of hydrogen-bond donors (Lipinski definition) is 3. The van der Waals surface area contributed by atoms with E-state index in [4.69, 9.17) is 0 Å². The van der Waals surface area contributed by atoms with Crippen molar-refractivity contribution in [1.29, 1.82) is 0 Å². The third-order valence-corrected chi connectivity index (χ3v) is 3.72. The van der Waals surface area contributed by atoms with E-state index < -0.39 is 0 Å². The lowest BCUT2D eigenvalue weighted by atomic mass is 10.1. The smallest absolute Gasteiger partial charge is 0.242 e. The zero-order valence-corrected chi connectivity index (χ0v) is 14.7. The number of amides is 1. The van der Waals surface area contributed by atoms with E-state index in [9.17, 15) is 4.79 Å². The summed E-state index contributed by atoms with van der Waals surface area (Å²) in [4.78, 5) is 16.1. The molecule has 0 aromatic rings. The average molecular weight is 302 g/mol. The Bertz CT molecular complexity index is 335. The number of aliphatic imine (C=N–C) groups is 1. The summed E-state index contributed by atoms with van der Waals surface area (Å²) in [6, 6.07) is 0. The molecule has 118 valence electrons. The molecule has 0 aliphatic carbocycles. The van der Waals surface area contributed by atoms with Crippen LogP contribution in [0.5, 0.6) is 0 Å². The highest BCUT2D eigenvalue weighted by atomic mass is 32.2. The van der Waals surface area contributed by atoms with Crippen LogP contribution in [0.1, 0.15) is 41.5 Å². The van der Waals surface area contributed by atoms with Crippen LogP contribution in [0.3, 0.4) is 0 Å². The quantitative estimate of drug-likeness (QED) is 0.515. The van der Waals surface area contributed by atoms with Gasteiger partial charge >= 0.3 is 0 Å². The Labute approximate surface area is 127 Å². The van der Waals surface area contributed by atoms with Gasteiger partial charge in [-0.15, -0.1) is 0 Å². The molecule has 0 saturated heterocycles. The first-order valence-corrected chi connectivity index (χ1v) is 8.20. The van der Waals surface area contributed by atoms with Crippen LogP contribution in [0, 0.1) is 0 Å². The monoisotopic (exact) mass is 302 g/mol. The van der Waals surface area contributed by atoms with Gasteiger partial charge in [-0.25, -0.2) is 4.99 Å². The highest BCUT2D eigenvalue weighted by molar-refractivity contribution is 7.99. The van der Waals surface area contributed by atoms with Crippen LogP contribution in [0.2, 0.25) is 0 Å². The van der Waals surface area contributed by atoms with Crippen molar-refractivity contribution < 1.29 is 4.79 Å². The maximum Gasteiger partial charge on any atom is 0.242 e. The fraction of sp³-hybridized carbons (Fsp3) is 0.857. The van der Waals surface area contributed by atoms with Crippen molar-refractivity contribution in [3.05, 3.63) is 0 Å². The molecule has 0 saturated carbocycles. The van der Waals surface area contributed by atoms with Crippen molar-refractivity contribution in [2.45, 2.75) is 51.8 Å². The SMILES string of the molecule is CCNC(=NCC(=O)NC(C)(C)C)NCC(C)(C)SC. The molecule has 0 aliphatic rings. The van der Waals surface area contributed by atoms with Gasteiger partial charge in [-0.1, -0.05) is 0 Å². The fourth-order valence-electron chi connectivity index (χ4n) is 1.32. The molecule has 6 heteroatoms. The van der Waals surface area contributed by atoms with Crippen LogP contribution in [0.15, 0.2) is 4.99 Å². The van der Waals surface area contributed by atoms with Crippen LogP contribution in [0.25, 0.3) is 0 Å². The minimum Gasteiger partial charge on any atom is -0.357 e. The van der Waals surface area contributed by atoms with Crippen LogP contribution in [-0.2, 0) is 4.79 Å². The second kappa shape index (κ2) is 8.39. The molecule has 0 atom stereocenters. The maximum atomic E-state index is 11.7. The molecule has 0 bridgehead atoms. The minimum absolute atomic E-state index is 0.0705. The highest BCUT2D eigenvalue weighted by Gasteiger charge is 2.17. The second-order valence-electron chi connectivity index (χ2n) is 6.31. The molecule has 0 aromatic heterocycles. The molecule has 0 aromatic carbocycles. The molecule has 0 heterocycles. The number of rotatable bonds is 6. The summed E-state index contributed by atoms with van der Waals surface area (Å²) < 4.78 is 0.129. The standard InChI is InChI=1S/C14H30N4OS/c1-8-15-12(17-10-14(5,6)20-7)16-9-11(19)18-13(2,3)4/h8-10H2,1-7H3,(H,18,19)(H2,15,16,17). The van der Waals surface area contributed by atoms with Gasteiger partial charge < -0.3 is 16.0 Å². The summed E-state index contributed by atoms with van der Waals surface area (Å²) in [7, 11) is 0. The van der Waals surface area contributed by atoms with Crippen molar-refractivity contribution in [3.63, 3.8) is 0 Å². The fourth-order valence-corrected chi connectivity index (χ4v) is 1.54. The van der Waals surface area contributed by atoms with Gasteiger partial charge in [0.1, 0.15) is 6.54 Å². The maximum absolute atomic E-state index is 11.7. The van der Waals surface area contributed by atoms with Gasteiger partial charge in [-0.2, -0.15) is 11.8 Å². The molecule has 5 nitrogen and oxygen atoms in total. The first kappa shape index (κ1) is 19.1. The molecule has 1 amide bonds. The number of carbonyl (C=O) groups excluding carboxylic acids is 1. The predicted molar refractivity (Wildman–Crippen MR) is 89.5 cm³/mol. The van der Waals surface area contributed by atoms with E-state index >= 15 is 0 Å². The number of nitrogens with one attached hydrogen (secondary N) is 3. The Morgan fingerprint density at radius 3 is 2.20 bits per heavy atom.